The topological polar surface area (TPSA) is 75.3 Å². The Labute approximate surface area is 149 Å². The molecule has 0 bridgehead atoms. The Morgan fingerprint density at radius 2 is 1.88 bits per heavy atom. The number of hydrogen-bond acceptors (Lipinski definition) is 3. The van der Waals surface area contributed by atoms with Crippen LogP contribution in [0.4, 0.5) is 5.69 Å². The molecule has 3 rings (SSSR count). The molecule has 0 unspecified atom stereocenters. The van der Waals surface area contributed by atoms with Crippen molar-refractivity contribution >= 4 is 56.5 Å². The van der Waals surface area contributed by atoms with Gasteiger partial charge in [0.1, 0.15) is 0 Å². The molecule has 2 aromatic rings. The van der Waals surface area contributed by atoms with Crippen LogP contribution < -0.4 is 10.0 Å². The van der Waals surface area contributed by atoms with Crippen LogP contribution in [-0.2, 0) is 14.8 Å². The molecule has 2 N–H and O–H groups in total. The molecule has 0 saturated heterocycles. The van der Waals surface area contributed by atoms with Crippen LogP contribution in [0.15, 0.2) is 41.3 Å². The van der Waals surface area contributed by atoms with Crippen molar-refractivity contribution in [1.29, 1.82) is 0 Å². The summed E-state index contributed by atoms with van der Waals surface area (Å²) in [5, 5.41) is 3.59. The third-order valence-corrected chi connectivity index (χ3v) is 5.59. The molecule has 0 saturated carbocycles. The van der Waals surface area contributed by atoms with E-state index >= 15 is 0 Å². The predicted molar refractivity (Wildman–Crippen MR) is 95.7 cm³/mol. The first kappa shape index (κ1) is 17.0. The van der Waals surface area contributed by atoms with Crippen molar-refractivity contribution in [1.82, 2.24) is 4.72 Å². The molecule has 0 fully saturated rings. The van der Waals surface area contributed by atoms with Gasteiger partial charge in [-0.2, -0.15) is 0 Å². The average Bonchev–Trinajstić information content (AvgIpc) is 2.85. The lowest BCUT2D eigenvalue weighted by molar-refractivity contribution is -0.110. The SMILES string of the molecule is CNS(=O)(=O)c1ccc2c(c1)C(=Cc1ccc(Cl)cc1Cl)C(=O)N2. The number of rotatable bonds is 3. The van der Waals surface area contributed by atoms with Gasteiger partial charge in [0.25, 0.3) is 5.91 Å². The van der Waals surface area contributed by atoms with Crippen LogP contribution >= 0.6 is 23.2 Å². The summed E-state index contributed by atoms with van der Waals surface area (Å²) in [5.41, 5.74) is 2.00. The van der Waals surface area contributed by atoms with Crippen LogP contribution in [0.1, 0.15) is 11.1 Å². The Morgan fingerprint density at radius 1 is 1.12 bits per heavy atom. The van der Waals surface area contributed by atoms with Gasteiger partial charge in [-0.3, -0.25) is 4.79 Å². The average molecular weight is 383 g/mol. The second kappa shape index (κ2) is 6.22. The van der Waals surface area contributed by atoms with E-state index in [1.54, 1.807) is 30.3 Å². The lowest BCUT2D eigenvalue weighted by Gasteiger charge is -2.05. The molecule has 0 spiro atoms. The van der Waals surface area contributed by atoms with Gasteiger partial charge < -0.3 is 5.32 Å². The molecule has 1 heterocycles. The van der Waals surface area contributed by atoms with Gasteiger partial charge >= 0.3 is 0 Å². The van der Waals surface area contributed by atoms with Crippen LogP contribution in [0, 0.1) is 0 Å². The van der Waals surface area contributed by atoms with Crippen LogP contribution in [0.2, 0.25) is 10.0 Å². The zero-order valence-electron chi connectivity index (χ0n) is 12.4. The fourth-order valence-corrected chi connectivity index (χ4v) is 3.59. The van der Waals surface area contributed by atoms with Gasteiger partial charge in [-0.1, -0.05) is 29.3 Å². The summed E-state index contributed by atoms with van der Waals surface area (Å²) in [6, 6.07) is 9.37. The smallest absolute Gasteiger partial charge is 0.256 e. The molecule has 0 aliphatic carbocycles. The number of carbonyl (C=O) groups excluding carboxylic acids is 1. The van der Waals surface area contributed by atoms with E-state index in [9.17, 15) is 13.2 Å². The second-order valence-electron chi connectivity index (χ2n) is 5.09. The molecule has 24 heavy (non-hydrogen) atoms. The Hall–Kier alpha value is -1.86. The fourth-order valence-electron chi connectivity index (χ4n) is 2.37. The summed E-state index contributed by atoms with van der Waals surface area (Å²) in [5.74, 6) is -0.324. The number of anilines is 1. The highest BCUT2D eigenvalue weighted by Gasteiger charge is 2.26. The maximum Gasteiger partial charge on any atom is 0.256 e. The fraction of sp³-hybridized carbons (Fsp3) is 0.0625. The number of halogens is 2. The Balaban J connectivity index is 2.14. The number of carbonyl (C=O) groups is 1. The molecule has 0 aromatic heterocycles. The Bertz CT molecular complexity index is 985. The van der Waals surface area contributed by atoms with Crippen molar-refractivity contribution in [3.63, 3.8) is 0 Å². The number of amides is 1. The molecule has 1 aliphatic heterocycles. The third-order valence-electron chi connectivity index (χ3n) is 3.62. The van der Waals surface area contributed by atoms with Crippen LogP contribution in [0.5, 0.6) is 0 Å². The van der Waals surface area contributed by atoms with E-state index < -0.39 is 10.0 Å². The van der Waals surface area contributed by atoms with E-state index in [0.29, 0.717) is 32.4 Å². The van der Waals surface area contributed by atoms with Crippen molar-refractivity contribution < 1.29 is 13.2 Å². The quantitative estimate of drug-likeness (QED) is 0.798. The summed E-state index contributed by atoms with van der Waals surface area (Å²) in [7, 11) is -2.28. The zero-order chi connectivity index (χ0) is 17.5. The number of nitrogens with one attached hydrogen (secondary N) is 2. The minimum atomic E-state index is -3.61. The summed E-state index contributed by atoms with van der Waals surface area (Å²) in [4.78, 5) is 12.3. The normalized spacial score (nSPS) is 15.5. The van der Waals surface area contributed by atoms with E-state index in [1.165, 1.54) is 19.2 Å². The van der Waals surface area contributed by atoms with E-state index in [2.05, 4.69) is 10.0 Å². The highest BCUT2D eigenvalue weighted by Crippen LogP contribution is 2.36. The van der Waals surface area contributed by atoms with E-state index in [1.807, 2.05) is 0 Å². The number of fused-ring (bicyclic) bond motifs is 1. The monoisotopic (exact) mass is 382 g/mol. The highest BCUT2D eigenvalue weighted by atomic mass is 35.5. The highest BCUT2D eigenvalue weighted by molar-refractivity contribution is 7.89. The van der Waals surface area contributed by atoms with Crippen molar-refractivity contribution in [2.75, 3.05) is 12.4 Å². The largest absolute Gasteiger partial charge is 0.321 e. The van der Waals surface area contributed by atoms with E-state index in [-0.39, 0.29) is 10.8 Å². The number of hydrogen-bond donors (Lipinski definition) is 2. The third kappa shape index (κ3) is 3.06. The summed E-state index contributed by atoms with van der Waals surface area (Å²) < 4.78 is 26.2. The lowest BCUT2D eigenvalue weighted by Crippen LogP contribution is -2.18. The van der Waals surface area contributed by atoms with Gasteiger partial charge in [0.15, 0.2) is 0 Å². The first-order valence-corrected chi connectivity index (χ1v) is 9.12. The van der Waals surface area contributed by atoms with Gasteiger partial charge in [-0.05, 0) is 49.0 Å². The van der Waals surface area contributed by atoms with E-state index in [0.717, 1.165) is 0 Å². The second-order valence-corrected chi connectivity index (χ2v) is 7.82. The van der Waals surface area contributed by atoms with Gasteiger partial charge in [-0.15, -0.1) is 0 Å². The molecular weight excluding hydrogens is 371 g/mol. The van der Waals surface area contributed by atoms with Gasteiger partial charge in [-0.25, -0.2) is 13.1 Å². The maximum atomic E-state index is 12.2. The van der Waals surface area contributed by atoms with Crippen LogP contribution in [-0.4, -0.2) is 21.4 Å². The van der Waals surface area contributed by atoms with Crippen molar-refractivity contribution in [2.45, 2.75) is 4.90 Å². The maximum absolute atomic E-state index is 12.2. The van der Waals surface area contributed by atoms with Crippen molar-refractivity contribution in [2.24, 2.45) is 0 Å². The first-order chi connectivity index (χ1) is 11.3. The summed E-state index contributed by atoms with van der Waals surface area (Å²) in [6.07, 6.45) is 1.61. The Morgan fingerprint density at radius 3 is 2.54 bits per heavy atom. The molecule has 5 nitrogen and oxygen atoms in total. The van der Waals surface area contributed by atoms with Gasteiger partial charge in [0.2, 0.25) is 10.0 Å². The van der Waals surface area contributed by atoms with Gasteiger partial charge in [0, 0.05) is 26.9 Å². The molecule has 0 atom stereocenters. The standard InChI is InChI=1S/C16H12Cl2N2O3S/c1-19-24(22,23)11-4-5-15-12(8-11)13(16(21)20-15)6-9-2-3-10(17)7-14(9)18/h2-8,19H,1H3,(H,20,21). The molecule has 0 radical (unpaired) electrons. The molecule has 1 amide bonds. The number of sulfonamides is 1. The molecule has 124 valence electrons. The minimum absolute atomic E-state index is 0.0772. The molecular formula is C16H12Cl2N2O3S. The molecule has 2 aromatic carbocycles. The first-order valence-electron chi connectivity index (χ1n) is 6.88. The summed E-state index contributed by atoms with van der Waals surface area (Å²) in [6.45, 7) is 0. The van der Waals surface area contributed by atoms with E-state index in [4.69, 9.17) is 23.2 Å². The number of benzene rings is 2. The van der Waals surface area contributed by atoms with Gasteiger partial charge in [0.05, 0.1) is 4.90 Å². The molecule has 1 aliphatic rings. The van der Waals surface area contributed by atoms with Crippen LogP contribution in [0.3, 0.4) is 0 Å². The van der Waals surface area contributed by atoms with Crippen LogP contribution in [0.25, 0.3) is 11.6 Å². The minimum Gasteiger partial charge on any atom is -0.321 e. The van der Waals surface area contributed by atoms with Crippen molar-refractivity contribution in [3.8, 4) is 0 Å². The predicted octanol–water partition coefficient (Wildman–Crippen LogP) is 3.39. The van der Waals surface area contributed by atoms with Crippen molar-refractivity contribution in [3.05, 3.63) is 57.6 Å². The Kier molecular flexibility index (Phi) is 4.40. The molecule has 8 heteroatoms. The zero-order valence-corrected chi connectivity index (χ0v) is 14.8. The lowest BCUT2D eigenvalue weighted by atomic mass is 10.0. The summed E-state index contributed by atoms with van der Waals surface area (Å²) >= 11 is 12.0.